The molecule has 0 saturated carbocycles. The molecule has 0 aliphatic rings. The van der Waals surface area contributed by atoms with Crippen molar-refractivity contribution in [2.45, 2.75) is 20.4 Å². The first kappa shape index (κ1) is 9.93. The first-order chi connectivity index (χ1) is 7.22. The van der Waals surface area contributed by atoms with E-state index in [2.05, 4.69) is 34.7 Å². The molecule has 1 aromatic heterocycles. The van der Waals surface area contributed by atoms with Crippen molar-refractivity contribution in [3.63, 3.8) is 0 Å². The molecule has 0 aliphatic heterocycles. The van der Waals surface area contributed by atoms with Crippen LogP contribution in [-0.4, -0.2) is 9.55 Å². The molecule has 0 atom stereocenters. The second kappa shape index (κ2) is 3.87. The molecule has 0 radical (unpaired) electrons. The lowest BCUT2D eigenvalue weighted by Crippen LogP contribution is -2.01. The summed E-state index contributed by atoms with van der Waals surface area (Å²) in [6, 6.07) is 6.28. The molecule has 2 rings (SSSR count). The number of nitrogens with zero attached hydrogens (tertiary/aromatic N) is 2. The first-order valence-corrected chi connectivity index (χ1v) is 5.02. The van der Waals surface area contributed by atoms with E-state index >= 15 is 0 Å². The van der Waals surface area contributed by atoms with Crippen molar-refractivity contribution in [1.29, 1.82) is 0 Å². The highest BCUT2D eigenvalue weighted by Gasteiger charge is 2.02. The molecular formula is C12H15N3. The molecule has 0 saturated heterocycles. The van der Waals surface area contributed by atoms with Crippen LogP contribution in [0.4, 0.5) is 0 Å². The predicted molar refractivity (Wildman–Crippen MR) is 60.9 cm³/mol. The summed E-state index contributed by atoms with van der Waals surface area (Å²) in [4.78, 5) is 4.20. The Hall–Kier alpha value is -1.61. The number of benzene rings is 1. The van der Waals surface area contributed by atoms with Gasteiger partial charge in [0.25, 0.3) is 0 Å². The Morgan fingerprint density at radius 1 is 1.33 bits per heavy atom. The van der Waals surface area contributed by atoms with Crippen molar-refractivity contribution < 1.29 is 0 Å². The van der Waals surface area contributed by atoms with Crippen molar-refractivity contribution in [2.24, 2.45) is 5.73 Å². The van der Waals surface area contributed by atoms with E-state index in [1.165, 1.54) is 11.1 Å². The maximum absolute atomic E-state index is 5.63. The number of rotatable bonds is 2. The van der Waals surface area contributed by atoms with E-state index in [9.17, 15) is 0 Å². The Bertz CT molecular complexity index is 471. The van der Waals surface area contributed by atoms with Crippen LogP contribution in [0.15, 0.2) is 30.6 Å². The zero-order valence-electron chi connectivity index (χ0n) is 9.07. The molecule has 78 valence electrons. The third kappa shape index (κ3) is 1.78. The summed E-state index contributed by atoms with van der Waals surface area (Å²) < 4.78 is 2.06. The fraction of sp³-hybridized carbons (Fsp3) is 0.250. The Morgan fingerprint density at radius 2 is 2.13 bits per heavy atom. The second-order valence-corrected chi connectivity index (χ2v) is 3.66. The standard InChI is InChI=1S/C12H15N3/c1-9-7-12(4-3-11(9)8-13)15-6-5-14-10(15)2/h3-7H,8,13H2,1-2H3. The lowest BCUT2D eigenvalue weighted by molar-refractivity contribution is 0.964. The average Bonchev–Trinajstić information content (AvgIpc) is 2.64. The van der Waals surface area contributed by atoms with Gasteiger partial charge >= 0.3 is 0 Å². The van der Waals surface area contributed by atoms with Gasteiger partial charge in [-0.15, -0.1) is 0 Å². The summed E-state index contributed by atoms with van der Waals surface area (Å²) in [6.45, 7) is 4.67. The first-order valence-electron chi connectivity index (χ1n) is 5.02. The summed E-state index contributed by atoms with van der Waals surface area (Å²) in [5.41, 5.74) is 9.19. The highest BCUT2D eigenvalue weighted by molar-refractivity contribution is 5.40. The number of hydrogen-bond donors (Lipinski definition) is 1. The second-order valence-electron chi connectivity index (χ2n) is 3.66. The molecule has 2 aromatic rings. The van der Waals surface area contributed by atoms with E-state index in [0.29, 0.717) is 6.54 Å². The Kier molecular flexibility index (Phi) is 2.56. The molecule has 15 heavy (non-hydrogen) atoms. The van der Waals surface area contributed by atoms with Crippen LogP contribution >= 0.6 is 0 Å². The lowest BCUT2D eigenvalue weighted by atomic mass is 10.1. The third-order valence-electron chi connectivity index (χ3n) is 2.65. The zero-order chi connectivity index (χ0) is 10.8. The molecule has 1 heterocycles. The third-order valence-corrected chi connectivity index (χ3v) is 2.65. The molecule has 0 fully saturated rings. The van der Waals surface area contributed by atoms with E-state index < -0.39 is 0 Å². The van der Waals surface area contributed by atoms with Gasteiger partial charge in [0.2, 0.25) is 0 Å². The van der Waals surface area contributed by atoms with Crippen molar-refractivity contribution in [2.75, 3.05) is 0 Å². The van der Waals surface area contributed by atoms with Crippen LogP contribution in [0.25, 0.3) is 5.69 Å². The fourth-order valence-corrected chi connectivity index (χ4v) is 1.71. The summed E-state index contributed by atoms with van der Waals surface area (Å²) in [6.07, 6.45) is 3.77. The molecule has 0 unspecified atom stereocenters. The molecule has 0 aliphatic carbocycles. The van der Waals surface area contributed by atoms with Gasteiger partial charge in [0.05, 0.1) is 0 Å². The van der Waals surface area contributed by atoms with Gasteiger partial charge in [-0.3, -0.25) is 0 Å². The number of imidazole rings is 1. The normalized spacial score (nSPS) is 10.6. The van der Waals surface area contributed by atoms with E-state index in [4.69, 9.17) is 5.73 Å². The molecule has 3 nitrogen and oxygen atoms in total. The quantitative estimate of drug-likeness (QED) is 0.807. The molecular weight excluding hydrogens is 186 g/mol. The van der Waals surface area contributed by atoms with Gasteiger partial charge in [-0.25, -0.2) is 4.98 Å². The Morgan fingerprint density at radius 3 is 2.67 bits per heavy atom. The van der Waals surface area contributed by atoms with Crippen LogP contribution in [-0.2, 0) is 6.54 Å². The summed E-state index contributed by atoms with van der Waals surface area (Å²) in [5, 5.41) is 0. The Labute approximate surface area is 89.6 Å². The lowest BCUT2D eigenvalue weighted by Gasteiger charge is -2.08. The minimum Gasteiger partial charge on any atom is -0.326 e. The summed E-state index contributed by atoms with van der Waals surface area (Å²) in [7, 11) is 0. The van der Waals surface area contributed by atoms with Crippen molar-refractivity contribution in [3.05, 3.63) is 47.5 Å². The van der Waals surface area contributed by atoms with Crippen LogP contribution in [0.1, 0.15) is 17.0 Å². The largest absolute Gasteiger partial charge is 0.326 e. The van der Waals surface area contributed by atoms with Gasteiger partial charge in [-0.05, 0) is 37.1 Å². The van der Waals surface area contributed by atoms with Crippen LogP contribution in [0.5, 0.6) is 0 Å². The topological polar surface area (TPSA) is 43.8 Å². The van der Waals surface area contributed by atoms with Gasteiger partial charge in [0.15, 0.2) is 0 Å². The van der Waals surface area contributed by atoms with Crippen molar-refractivity contribution in [1.82, 2.24) is 9.55 Å². The highest BCUT2D eigenvalue weighted by atomic mass is 15.1. The molecule has 0 amide bonds. The summed E-state index contributed by atoms with van der Waals surface area (Å²) in [5.74, 6) is 0.995. The van der Waals surface area contributed by atoms with E-state index in [0.717, 1.165) is 11.5 Å². The van der Waals surface area contributed by atoms with E-state index in [1.54, 1.807) is 0 Å². The fourth-order valence-electron chi connectivity index (χ4n) is 1.71. The molecule has 0 bridgehead atoms. The number of aryl methyl sites for hydroxylation is 2. The van der Waals surface area contributed by atoms with Gasteiger partial charge in [0, 0.05) is 24.6 Å². The minimum atomic E-state index is 0.592. The van der Waals surface area contributed by atoms with Gasteiger partial charge < -0.3 is 10.3 Å². The van der Waals surface area contributed by atoms with Crippen molar-refractivity contribution in [3.8, 4) is 5.69 Å². The van der Waals surface area contributed by atoms with Gasteiger partial charge in [-0.2, -0.15) is 0 Å². The van der Waals surface area contributed by atoms with Gasteiger partial charge in [-0.1, -0.05) is 6.07 Å². The van der Waals surface area contributed by atoms with Crippen LogP contribution in [0.2, 0.25) is 0 Å². The average molecular weight is 201 g/mol. The predicted octanol–water partition coefficient (Wildman–Crippen LogP) is 1.95. The maximum Gasteiger partial charge on any atom is 0.110 e. The molecule has 3 heteroatoms. The Balaban J connectivity index is 2.47. The van der Waals surface area contributed by atoms with Crippen molar-refractivity contribution >= 4 is 0 Å². The van der Waals surface area contributed by atoms with Crippen LogP contribution in [0, 0.1) is 13.8 Å². The van der Waals surface area contributed by atoms with Crippen LogP contribution < -0.4 is 5.73 Å². The molecule has 2 N–H and O–H groups in total. The van der Waals surface area contributed by atoms with Gasteiger partial charge in [0.1, 0.15) is 5.82 Å². The zero-order valence-corrected chi connectivity index (χ0v) is 9.07. The molecule has 0 spiro atoms. The highest BCUT2D eigenvalue weighted by Crippen LogP contribution is 2.15. The SMILES string of the molecule is Cc1cc(-n2ccnc2C)ccc1CN. The smallest absolute Gasteiger partial charge is 0.110 e. The maximum atomic E-state index is 5.63. The monoisotopic (exact) mass is 201 g/mol. The van der Waals surface area contributed by atoms with Crippen LogP contribution in [0.3, 0.4) is 0 Å². The molecule has 1 aromatic carbocycles. The minimum absolute atomic E-state index is 0.592. The van der Waals surface area contributed by atoms with E-state index in [-0.39, 0.29) is 0 Å². The number of hydrogen-bond acceptors (Lipinski definition) is 2. The number of nitrogens with two attached hydrogens (primary N) is 1. The van der Waals surface area contributed by atoms with E-state index in [1.807, 2.05) is 19.3 Å². The number of aromatic nitrogens is 2. The summed E-state index contributed by atoms with van der Waals surface area (Å²) >= 11 is 0.